The van der Waals surface area contributed by atoms with Crippen molar-refractivity contribution in [1.82, 2.24) is 14.5 Å². The molecule has 6 nitrogen and oxygen atoms in total. The average molecular weight is 311 g/mol. The van der Waals surface area contributed by atoms with E-state index in [-0.39, 0.29) is 18.0 Å². The fourth-order valence-corrected chi connectivity index (χ4v) is 3.94. The first kappa shape index (κ1) is 14.2. The quantitative estimate of drug-likeness (QED) is 0.927. The Kier molecular flexibility index (Phi) is 3.75. The van der Waals surface area contributed by atoms with Crippen LogP contribution in [0.15, 0.2) is 41.4 Å². The number of hydrogen-bond donors (Lipinski definition) is 1. The average Bonchev–Trinajstić information content (AvgIpc) is 3.01. The lowest BCUT2D eigenvalue weighted by atomic mass is 10.2. The van der Waals surface area contributed by atoms with Gasteiger partial charge in [-0.25, -0.2) is 12.8 Å². The van der Waals surface area contributed by atoms with Crippen molar-refractivity contribution in [2.45, 2.75) is 10.9 Å². The zero-order chi connectivity index (χ0) is 14.9. The third kappa shape index (κ3) is 2.69. The summed E-state index contributed by atoms with van der Waals surface area (Å²) in [6.45, 7) is 0.748. The topological polar surface area (TPSA) is 75.3 Å². The lowest BCUT2D eigenvalue weighted by molar-refractivity contribution is 0.0305. The molecule has 1 atom stereocenters. The molecule has 1 aromatic heterocycles. The van der Waals surface area contributed by atoms with Crippen molar-refractivity contribution >= 4 is 10.0 Å². The molecule has 21 heavy (non-hydrogen) atoms. The van der Waals surface area contributed by atoms with Gasteiger partial charge in [-0.1, -0.05) is 6.07 Å². The first-order valence-electron chi connectivity index (χ1n) is 6.43. The van der Waals surface area contributed by atoms with E-state index < -0.39 is 21.9 Å². The van der Waals surface area contributed by atoms with Crippen LogP contribution in [0.25, 0.3) is 0 Å². The molecule has 2 aromatic rings. The van der Waals surface area contributed by atoms with Gasteiger partial charge in [0, 0.05) is 12.7 Å². The molecule has 1 aromatic carbocycles. The predicted molar refractivity (Wildman–Crippen MR) is 72.4 cm³/mol. The van der Waals surface area contributed by atoms with E-state index in [9.17, 15) is 12.8 Å². The van der Waals surface area contributed by atoms with Crippen LogP contribution in [0.1, 0.15) is 11.7 Å². The second-order valence-corrected chi connectivity index (χ2v) is 6.57. The molecule has 0 radical (unpaired) electrons. The van der Waals surface area contributed by atoms with Crippen LogP contribution in [0, 0.1) is 5.82 Å². The molecule has 2 heterocycles. The number of hydrogen-bond acceptors (Lipinski definition) is 4. The van der Waals surface area contributed by atoms with Crippen LogP contribution in [0.4, 0.5) is 4.39 Å². The summed E-state index contributed by atoms with van der Waals surface area (Å²) < 4.78 is 45.4. The van der Waals surface area contributed by atoms with Crippen molar-refractivity contribution in [2.75, 3.05) is 19.8 Å². The van der Waals surface area contributed by atoms with Gasteiger partial charge in [-0.2, -0.15) is 9.40 Å². The molecule has 0 aliphatic carbocycles. The van der Waals surface area contributed by atoms with Crippen LogP contribution in [0.2, 0.25) is 0 Å². The Balaban J connectivity index is 1.99. The molecular weight excluding hydrogens is 297 g/mol. The summed E-state index contributed by atoms with van der Waals surface area (Å²) >= 11 is 0. The Morgan fingerprint density at radius 1 is 1.38 bits per heavy atom. The fraction of sp³-hybridized carbons (Fsp3) is 0.308. The molecule has 1 N–H and O–H groups in total. The Morgan fingerprint density at radius 3 is 2.95 bits per heavy atom. The standard InChI is InChI=1S/C13H14FN3O3S/c14-10-2-1-3-11(8-10)21(18,19)17-6-7-20-9-13(17)12-4-5-15-16-12/h1-5,8,13H,6-7,9H2,(H,15,16). The number of rotatable bonds is 3. The van der Waals surface area contributed by atoms with Gasteiger partial charge in [0.25, 0.3) is 0 Å². The van der Waals surface area contributed by atoms with Crippen LogP contribution in [0.3, 0.4) is 0 Å². The monoisotopic (exact) mass is 311 g/mol. The van der Waals surface area contributed by atoms with Crippen molar-refractivity contribution in [3.8, 4) is 0 Å². The van der Waals surface area contributed by atoms with Gasteiger partial charge in [-0.05, 0) is 24.3 Å². The second kappa shape index (κ2) is 5.55. The number of morpholine rings is 1. The van der Waals surface area contributed by atoms with E-state index in [4.69, 9.17) is 4.74 Å². The lowest BCUT2D eigenvalue weighted by Crippen LogP contribution is -2.43. The number of aromatic amines is 1. The Hall–Kier alpha value is -1.77. The molecule has 0 bridgehead atoms. The predicted octanol–water partition coefficient (Wildman–Crippen LogP) is 1.31. The minimum absolute atomic E-state index is 0.0612. The Morgan fingerprint density at radius 2 is 2.24 bits per heavy atom. The Bertz CT molecular complexity index is 718. The molecule has 1 saturated heterocycles. The number of benzene rings is 1. The maximum absolute atomic E-state index is 13.3. The van der Waals surface area contributed by atoms with Gasteiger partial charge in [-0.15, -0.1) is 0 Å². The SMILES string of the molecule is O=S(=O)(c1cccc(F)c1)N1CCOCC1c1ccn[nH]1. The highest BCUT2D eigenvalue weighted by molar-refractivity contribution is 7.89. The molecule has 1 unspecified atom stereocenters. The van der Waals surface area contributed by atoms with E-state index >= 15 is 0 Å². The third-order valence-electron chi connectivity index (χ3n) is 3.36. The van der Waals surface area contributed by atoms with Crippen molar-refractivity contribution < 1.29 is 17.5 Å². The molecule has 3 rings (SSSR count). The van der Waals surface area contributed by atoms with Crippen LogP contribution < -0.4 is 0 Å². The third-order valence-corrected chi connectivity index (χ3v) is 5.27. The molecule has 1 aliphatic heterocycles. The van der Waals surface area contributed by atoms with Crippen molar-refractivity contribution in [3.05, 3.63) is 48.0 Å². The number of nitrogens with one attached hydrogen (secondary N) is 1. The Labute approximate surface area is 121 Å². The van der Waals surface area contributed by atoms with Crippen molar-refractivity contribution in [2.24, 2.45) is 0 Å². The molecule has 0 spiro atoms. The van der Waals surface area contributed by atoms with E-state index in [1.54, 1.807) is 12.3 Å². The second-order valence-electron chi connectivity index (χ2n) is 4.68. The fourth-order valence-electron chi connectivity index (χ4n) is 2.34. The zero-order valence-electron chi connectivity index (χ0n) is 11.1. The summed E-state index contributed by atoms with van der Waals surface area (Å²) in [7, 11) is -3.79. The lowest BCUT2D eigenvalue weighted by Gasteiger charge is -2.33. The number of H-pyrrole nitrogens is 1. The van der Waals surface area contributed by atoms with Crippen molar-refractivity contribution in [3.63, 3.8) is 0 Å². The summed E-state index contributed by atoms with van der Waals surface area (Å²) in [6, 6.07) is 6.22. The largest absolute Gasteiger partial charge is 0.378 e. The van der Waals surface area contributed by atoms with E-state index in [1.165, 1.54) is 22.5 Å². The maximum Gasteiger partial charge on any atom is 0.243 e. The molecule has 0 saturated carbocycles. The highest BCUT2D eigenvalue weighted by atomic mass is 32.2. The number of halogens is 1. The first-order chi connectivity index (χ1) is 10.1. The van der Waals surface area contributed by atoms with Crippen LogP contribution in [0.5, 0.6) is 0 Å². The van der Waals surface area contributed by atoms with Gasteiger partial charge in [-0.3, -0.25) is 5.10 Å². The number of ether oxygens (including phenoxy) is 1. The normalized spacial score (nSPS) is 20.5. The van der Waals surface area contributed by atoms with Gasteiger partial charge in [0.15, 0.2) is 0 Å². The van der Waals surface area contributed by atoms with Crippen LogP contribution in [-0.4, -0.2) is 42.7 Å². The molecule has 112 valence electrons. The molecular formula is C13H14FN3O3S. The minimum atomic E-state index is -3.79. The molecule has 0 amide bonds. The smallest absolute Gasteiger partial charge is 0.243 e. The molecule has 1 aliphatic rings. The van der Waals surface area contributed by atoms with Gasteiger partial charge in [0.1, 0.15) is 5.82 Å². The number of nitrogens with zero attached hydrogens (tertiary/aromatic N) is 2. The van der Waals surface area contributed by atoms with E-state index in [2.05, 4.69) is 10.2 Å². The van der Waals surface area contributed by atoms with Gasteiger partial charge >= 0.3 is 0 Å². The van der Waals surface area contributed by atoms with Gasteiger partial charge in [0.05, 0.1) is 29.8 Å². The molecule has 8 heteroatoms. The van der Waals surface area contributed by atoms with E-state index in [0.29, 0.717) is 12.3 Å². The summed E-state index contributed by atoms with van der Waals surface area (Å²) in [5.41, 5.74) is 0.648. The summed E-state index contributed by atoms with van der Waals surface area (Å²) in [6.07, 6.45) is 1.55. The first-order valence-corrected chi connectivity index (χ1v) is 7.87. The van der Waals surface area contributed by atoms with E-state index in [0.717, 1.165) is 6.07 Å². The summed E-state index contributed by atoms with van der Waals surface area (Å²) in [5.74, 6) is -0.581. The highest BCUT2D eigenvalue weighted by Gasteiger charge is 2.35. The maximum atomic E-state index is 13.3. The summed E-state index contributed by atoms with van der Waals surface area (Å²) in [4.78, 5) is -0.0612. The van der Waals surface area contributed by atoms with Crippen LogP contribution >= 0.6 is 0 Å². The van der Waals surface area contributed by atoms with E-state index in [1.807, 2.05) is 0 Å². The minimum Gasteiger partial charge on any atom is -0.378 e. The van der Waals surface area contributed by atoms with Gasteiger partial charge in [0.2, 0.25) is 10.0 Å². The number of aromatic nitrogens is 2. The molecule has 1 fully saturated rings. The number of sulfonamides is 1. The summed E-state index contributed by atoms with van der Waals surface area (Å²) in [5, 5.41) is 6.60. The van der Waals surface area contributed by atoms with Crippen LogP contribution in [-0.2, 0) is 14.8 Å². The van der Waals surface area contributed by atoms with Crippen molar-refractivity contribution in [1.29, 1.82) is 0 Å². The zero-order valence-corrected chi connectivity index (χ0v) is 11.9. The van der Waals surface area contributed by atoms with Gasteiger partial charge < -0.3 is 4.74 Å². The highest BCUT2D eigenvalue weighted by Crippen LogP contribution is 2.29.